The Labute approximate surface area is 225 Å². The van der Waals surface area contributed by atoms with Crippen LogP contribution in [0, 0.1) is 29.6 Å². The molecule has 3 aromatic heterocycles. The first kappa shape index (κ1) is 25.7. The number of pyridine rings is 2. The average molecular weight is 535 g/mol. The Bertz CT molecular complexity index is 1560. The minimum atomic E-state index is -0.565. The van der Waals surface area contributed by atoms with Gasteiger partial charge in [0.15, 0.2) is 5.69 Å². The highest BCUT2D eigenvalue weighted by Gasteiger charge is 2.29. The van der Waals surface area contributed by atoms with E-state index in [2.05, 4.69) is 57.8 Å². The summed E-state index contributed by atoms with van der Waals surface area (Å²) in [6, 6.07) is 8.34. The standard InChI is InChI=1S/C27H28ClFN8O/c1-15-18(6-7-21(29)33-15)24(25-26-37(36-35-25)8-5-9-38-26)34-17-10-19-22(32-14-27(2,3)4)16(12-30)13-31-23(19)20(28)11-17/h6-7,10-11,13,24,34H,5,8-9,14H2,1-4H3,(H,31,32). The SMILES string of the molecule is Cc1nc(F)ccc1C(Nc1cc(Cl)c2ncc(C#N)c(NCC(C)(C)C)c2c1)c1nnn2c1OCCC2. The first-order chi connectivity index (χ1) is 18.1. The third-order valence-electron chi connectivity index (χ3n) is 6.30. The van der Waals surface area contributed by atoms with Crippen molar-refractivity contribution >= 4 is 33.9 Å². The predicted octanol–water partition coefficient (Wildman–Crippen LogP) is 5.64. The number of nitriles is 1. The fourth-order valence-corrected chi connectivity index (χ4v) is 4.72. The van der Waals surface area contributed by atoms with Crippen molar-refractivity contribution in [2.24, 2.45) is 5.41 Å². The largest absolute Gasteiger partial charge is 0.476 e. The summed E-state index contributed by atoms with van der Waals surface area (Å²) in [7, 11) is 0. The van der Waals surface area contributed by atoms with Gasteiger partial charge in [0.25, 0.3) is 0 Å². The smallest absolute Gasteiger partial charge is 0.238 e. The number of nitrogens with zero attached hydrogens (tertiary/aromatic N) is 6. The molecule has 0 radical (unpaired) electrons. The molecule has 0 fully saturated rings. The molecule has 0 saturated heterocycles. The molecule has 4 aromatic rings. The van der Waals surface area contributed by atoms with Gasteiger partial charge in [-0.3, -0.25) is 4.98 Å². The van der Waals surface area contributed by atoms with Crippen LogP contribution in [0.5, 0.6) is 5.88 Å². The van der Waals surface area contributed by atoms with Gasteiger partial charge in [-0.1, -0.05) is 43.7 Å². The second-order valence-corrected chi connectivity index (χ2v) is 10.9. The van der Waals surface area contributed by atoms with Crippen molar-refractivity contribution in [1.82, 2.24) is 25.0 Å². The fraction of sp³-hybridized carbons (Fsp3) is 0.370. The summed E-state index contributed by atoms with van der Waals surface area (Å²) < 4.78 is 21.6. The molecule has 5 rings (SSSR count). The lowest BCUT2D eigenvalue weighted by Crippen LogP contribution is -2.20. The van der Waals surface area contributed by atoms with Crippen molar-refractivity contribution in [3.05, 3.63) is 63.9 Å². The molecule has 1 aromatic carbocycles. The van der Waals surface area contributed by atoms with Crippen LogP contribution in [0.1, 0.15) is 55.7 Å². The van der Waals surface area contributed by atoms with Crippen LogP contribution in [0.4, 0.5) is 15.8 Å². The van der Waals surface area contributed by atoms with Gasteiger partial charge in [-0.25, -0.2) is 9.67 Å². The maximum absolute atomic E-state index is 13.9. The number of benzene rings is 1. The Balaban J connectivity index is 1.63. The molecule has 4 heterocycles. The van der Waals surface area contributed by atoms with Gasteiger partial charge in [-0.2, -0.15) is 9.65 Å². The zero-order valence-electron chi connectivity index (χ0n) is 21.6. The third-order valence-corrected chi connectivity index (χ3v) is 6.58. The second kappa shape index (κ2) is 10.1. The summed E-state index contributed by atoms with van der Waals surface area (Å²) in [6.07, 6.45) is 2.37. The van der Waals surface area contributed by atoms with E-state index in [4.69, 9.17) is 16.3 Å². The quantitative estimate of drug-likeness (QED) is 0.306. The molecule has 0 amide bonds. The highest BCUT2D eigenvalue weighted by molar-refractivity contribution is 6.35. The van der Waals surface area contributed by atoms with Gasteiger partial charge >= 0.3 is 0 Å². The van der Waals surface area contributed by atoms with Crippen LogP contribution in [-0.4, -0.2) is 38.1 Å². The molecule has 2 N–H and O–H groups in total. The summed E-state index contributed by atoms with van der Waals surface area (Å²) in [4.78, 5) is 8.47. The van der Waals surface area contributed by atoms with Gasteiger partial charge in [0.1, 0.15) is 12.1 Å². The lowest BCUT2D eigenvalue weighted by Gasteiger charge is -2.24. The van der Waals surface area contributed by atoms with Crippen molar-refractivity contribution in [1.29, 1.82) is 5.26 Å². The molecule has 9 nitrogen and oxygen atoms in total. The molecule has 0 saturated carbocycles. The molecule has 0 bridgehead atoms. The Morgan fingerprint density at radius 1 is 1.29 bits per heavy atom. The van der Waals surface area contributed by atoms with E-state index in [9.17, 15) is 9.65 Å². The molecule has 1 aliphatic heterocycles. The Kier molecular flexibility index (Phi) is 6.80. The second-order valence-electron chi connectivity index (χ2n) is 10.5. The van der Waals surface area contributed by atoms with Crippen LogP contribution in [0.2, 0.25) is 5.02 Å². The molecule has 1 unspecified atom stereocenters. The molecule has 1 atom stereocenters. The number of anilines is 2. The summed E-state index contributed by atoms with van der Waals surface area (Å²) >= 11 is 6.71. The van der Waals surface area contributed by atoms with Crippen LogP contribution >= 0.6 is 11.6 Å². The molecular formula is C27H28ClFN8O. The molecule has 0 spiro atoms. The van der Waals surface area contributed by atoms with Crippen molar-refractivity contribution in [3.8, 4) is 11.9 Å². The summed E-state index contributed by atoms with van der Waals surface area (Å²) in [5.41, 5.74) is 4.09. The zero-order chi connectivity index (χ0) is 27.0. The molecule has 11 heteroatoms. The van der Waals surface area contributed by atoms with E-state index in [0.29, 0.717) is 69.8 Å². The lowest BCUT2D eigenvalue weighted by molar-refractivity contribution is 0.227. The number of halogens is 2. The molecule has 0 aliphatic carbocycles. The van der Waals surface area contributed by atoms with E-state index >= 15 is 0 Å². The fourth-order valence-electron chi connectivity index (χ4n) is 4.45. The first-order valence-electron chi connectivity index (χ1n) is 12.4. The number of rotatable bonds is 6. The van der Waals surface area contributed by atoms with Crippen LogP contribution in [-0.2, 0) is 6.54 Å². The normalized spacial score (nSPS) is 13.9. The van der Waals surface area contributed by atoms with E-state index in [0.717, 1.165) is 12.0 Å². The minimum absolute atomic E-state index is 0.0204. The Hall–Kier alpha value is -3.97. The summed E-state index contributed by atoms with van der Waals surface area (Å²) in [5.74, 6) is -0.00464. The van der Waals surface area contributed by atoms with Crippen LogP contribution in [0.3, 0.4) is 0 Å². The predicted molar refractivity (Wildman–Crippen MR) is 144 cm³/mol. The van der Waals surface area contributed by atoms with E-state index < -0.39 is 12.0 Å². The van der Waals surface area contributed by atoms with Crippen LogP contribution < -0.4 is 15.4 Å². The third kappa shape index (κ3) is 5.07. The highest BCUT2D eigenvalue weighted by atomic mass is 35.5. The molecule has 196 valence electrons. The van der Waals surface area contributed by atoms with Gasteiger partial charge in [0.2, 0.25) is 11.8 Å². The van der Waals surface area contributed by atoms with Crippen LogP contribution in [0.25, 0.3) is 10.9 Å². The van der Waals surface area contributed by atoms with Gasteiger partial charge < -0.3 is 15.4 Å². The monoisotopic (exact) mass is 534 g/mol. The number of hydrogen-bond donors (Lipinski definition) is 2. The molecule has 38 heavy (non-hydrogen) atoms. The van der Waals surface area contributed by atoms with Gasteiger partial charge in [0.05, 0.1) is 28.4 Å². The van der Waals surface area contributed by atoms with Crippen molar-refractivity contribution in [2.75, 3.05) is 23.8 Å². The highest BCUT2D eigenvalue weighted by Crippen LogP contribution is 2.38. The number of nitrogens with one attached hydrogen (secondary N) is 2. The van der Waals surface area contributed by atoms with E-state index in [1.165, 1.54) is 12.3 Å². The average Bonchev–Trinajstić information content (AvgIpc) is 3.29. The summed E-state index contributed by atoms with van der Waals surface area (Å²) in [5, 5.41) is 26.5. The van der Waals surface area contributed by atoms with Gasteiger partial charge in [-0.05, 0) is 30.5 Å². The molecular weight excluding hydrogens is 507 g/mol. The van der Waals surface area contributed by atoms with Crippen molar-refractivity contribution in [3.63, 3.8) is 0 Å². The van der Waals surface area contributed by atoms with Gasteiger partial charge in [-0.15, -0.1) is 5.10 Å². The van der Waals surface area contributed by atoms with E-state index in [1.54, 1.807) is 23.7 Å². The Morgan fingerprint density at radius 2 is 2.11 bits per heavy atom. The van der Waals surface area contributed by atoms with E-state index in [1.807, 2.05) is 6.07 Å². The van der Waals surface area contributed by atoms with Gasteiger partial charge in [0, 0.05) is 48.0 Å². The topological polar surface area (TPSA) is 114 Å². The lowest BCUT2D eigenvalue weighted by atomic mass is 9.96. The number of hydrogen-bond acceptors (Lipinski definition) is 8. The first-order valence-corrected chi connectivity index (χ1v) is 12.7. The van der Waals surface area contributed by atoms with Crippen molar-refractivity contribution in [2.45, 2.75) is 46.7 Å². The molecule has 1 aliphatic rings. The maximum atomic E-state index is 13.9. The number of fused-ring (bicyclic) bond motifs is 2. The van der Waals surface area contributed by atoms with Crippen molar-refractivity contribution < 1.29 is 9.13 Å². The minimum Gasteiger partial charge on any atom is -0.476 e. The maximum Gasteiger partial charge on any atom is 0.238 e. The number of aromatic nitrogens is 5. The summed E-state index contributed by atoms with van der Waals surface area (Å²) in [6.45, 7) is 9.98. The number of ether oxygens (including phenoxy) is 1. The number of aryl methyl sites for hydroxylation is 2. The van der Waals surface area contributed by atoms with Crippen LogP contribution in [0.15, 0.2) is 30.5 Å². The zero-order valence-corrected chi connectivity index (χ0v) is 22.4. The van der Waals surface area contributed by atoms with E-state index in [-0.39, 0.29) is 5.41 Å². The Morgan fingerprint density at radius 3 is 2.84 bits per heavy atom.